The minimum Gasteiger partial charge on any atom is -0.497 e. The van der Waals surface area contributed by atoms with E-state index in [2.05, 4.69) is 32.6 Å². The molecule has 0 radical (unpaired) electrons. The number of ether oxygens (including phenoxy) is 1. The van der Waals surface area contributed by atoms with Gasteiger partial charge in [0.25, 0.3) is 0 Å². The molecule has 2 aromatic carbocycles. The summed E-state index contributed by atoms with van der Waals surface area (Å²) in [6.45, 7) is 5.07. The van der Waals surface area contributed by atoms with E-state index in [1.54, 1.807) is 7.11 Å². The summed E-state index contributed by atoms with van der Waals surface area (Å²) in [5.74, 6) is -0.994. The summed E-state index contributed by atoms with van der Waals surface area (Å²) >= 11 is 0. The topological polar surface area (TPSA) is 73.9 Å². The van der Waals surface area contributed by atoms with Crippen LogP contribution in [0.5, 0.6) is 5.75 Å². The average Bonchev–Trinajstić information content (AvgIpc) is 2.78. The number of rotatable bonds is 7. The van der Waals surface area contributed by atoms with Crippen LogP contribution in [0.25, 0.3) is 0 Å². The van der Waals surface area contributed by atoms with Crippen LogP contribution in [0.4, 0.5) is 15.8 Å². The summed E-state index contributed by atoms with van der Waals surface area (Å²) in [5.41, 5.74) is 1.57. The molecule has 30 heavy (non-hydrogen) atoms. The highest BCUT2D eigenvalue weighted by molar-refractivity contribution is 6.39. The molecule has 3 rings (SSSR count). The summed E-state index contributed by atoms with van der Waals surface area (Å²) < 4.78 is 18.1. The Morgan fingerprint density at radius 1 is 0.967 bits per heavy atom. The summed E-state index contributed by atoms with van der Waals surface area (Å²) in [4.78, 5) is 28.4. The zero-order chi connectivity index (χ0) is 21.3. The normalized spacial score (nSPS) is 14.3. The monoisotopic (exact) mass is 414 g/mol. The molecule has 2 amide bonds. The first-order chi connectivity index (χ1) is 14.5. The quantitative estimate of drug-likeness (QED) is 0.536. The summed E-state index contributed by atoms with van der Waals surface area (Å²) in [5, 5.41) is 5.07. The van der Waals surface area contributed by atoms with Crippen molar-refractivity contribution in [3.05, 3.63) is 54.3 Å². The number of piperazine rings is 1. The SMILES string of the molecule is COc1ccc(N2CCN(CCCNC(=O)C(=O)Nc3ccc(F)cc3)CC2)cc1. The van der Waals surface area contributed by atoms with Crippen LogP contribution in [0.1, 0.15) is 6.42 Å². The first-order valence-corrected chi connectivity index (χ1v) is 10.0. The van der Waals surface area contributed by atoms with Crippen molar-refractivity contribution in [3.8, 4) is 5.75 Å². The molecule has 2 aromatic rings. The van der Waals surface area contributed by atoms with Crippen LogP contribution in [0.15, 0.2) is 48.5 Å². The first-order valence-electron chi connectivity index (χ1n) is 10.0. The second-order valence-electron chi connectivity index (χ2n) is 7.10. The Labute approximate surface area is 175 Å². The molecule has 2 N–H and O–H groups in total. The van der Waals surface area contributed by atoms with Crippen molar-refractivity contribution in [3.63, 3.8) is 0 Å². The number of nitrogens with zero attached hydrogens (tertiary/aromatic N) is 2. The molecule has 0 saturated carbocycles. The van der Waals surface area contributed by atoms with Crippen LogP contribution in [0, 0.1) is 5.82 Å². The third kappa shape index (κ3) is 6.18. The number of hydrogen-bond acceptors (Lipinski definition) is 5. The molecule has 0 unspecified atom stereocenters. The smallest absolute Gasteiger partial charge is 0.313 e. The van der Waals surface area contributed by atoms with Gasteiger partial charge in [0.05, 0.1) is 7.11 Å². The minimum atomic E-state index is -0.755. The summed E-state index contributed by atoms with van der Waals surface area (Å²) in [6.07, 6.45) is 0.762. The van der Waals surface area contributed by atoms with Crippen LogP contribution in [-0.2, 0) is 9.59 Å². The predicted molar refractivity (Wildman–Crippen MR) is 114 cm³/mol. The van der Waals surface area contributed by atoms with E-state index >= 15 is 0 Å². The highest BCUT2D eigenvalue weighted by atomic mass is 19.1. The molecule has 1 aliphatic heterocycles. The fourth-order valence-electron chi connectivity index (χ4n) is 3.33. The molecule has 0 aromatic heterocycles. The Balaban J connectivity index is 1.31. The average molecular weight is 414 g/mol. The van der Waals surface area contributed by atoms with Crippen LogP contribution < -0.4 is 20.3 Å². The molecular formula is C22H27FN4O3. The largest absolute Gasteiger partial charge is 0.497 e. The van der Waals surface area contributed by atoms with E-state index in [-0.39, 0.29) is 0 Å². The van der Waals surface area contributed by atoms with E-state index in [1.165, 1.54) is 30.0 Å². The van der Waals surface area contributed by atoms with Gasteiger partial charge in [0.15, 0.2) is 0 Å². The van der Waals surface area contributed by atoms with Crippen LogP contribution in [-0.4, -0.2) is 63.1 Å². The zero-order valence-corrected chi connectivity index (χ0v) is 17.1. The lowest BCUT2D eigenvalue weighted by molar-refractivity contribution is -0.136. The maximum atomic E-state index is 12.9. The number of carbonyl (C=O) groups excluding carboxylic acids is 2. The van der Waals surface area contributed by atoms with E-state index in [0.717, 1.165) is 44.9 Å². The molecule has 0 atom stereocenters. The third-order valence-corrected chi connectivity index (χ3v) is 5.05. The molecule has 1 heterocycles. The number of anilines is 2. The van der Waals surface area contributed by atoms with Crippen molar-refractivity contribution in [1.82, 2.24) is 10.2 Å². The van der Waals surface area contributed by atoms with Crippen LogP contribution >= 0.6 is 0 Å². The fraction of sp³-hybridized carbons (Fsp3) is 0.364. The van der Waals surface area contributed by atoms with Gasteiger partial charge in [-0.05, 0) is 61.5 Å². The minimum absolute atomic E-state index is 0.381. The second-order valence-corrected chi connectivity index (χ2v) is 7.10. The first kappa shape index (κ1) is 21.6. The summed E-state index contributed by atoms with van der Waals surface area (Å²) in [7, 11) is 1.66. The number of methoxy groups -OCH3 is 1. The van der Waals surface area contributed by atoms with Gasteiger partial charge in [-0.2, -0.15) is 0 Å². The van der Waals surface area contributed by atoms with Crippen LogP contribution in [0.2, 0.25) is 0 Å². The van der Waals surface area contributed by atoms with E-state index in [9.17, 15) is 14.0 Å². The highest BCUT2D eigenvalue weighted by Crippen LogP contribution is 2.20. The predicted octanol–water partition coefficient (Wildman–Crippen LogP) is 2.10. The number of hydrogen-bond donors (Lipinski definition) is 2. The molecule has 1 aliphatic rings. The lowest BCUT2D eigenvalue weighted by atomic mass is 10.2. The maximum absolute atomic E-state index is 12.9. The van der Waals surface area contributed by atoms with Crippen molar-refractivity contribution in [2.45, 2.75) is 6.42 Å². The van der Waals surface area contributed by atoms with Gasteiger partial charge < -0.3 is 20.3 Å². The van der Waals surface area contributed by atoms with Gasteiger partial charge in [0.2, 0.25) is 0 Å². The van der Waals surface area contributed by atoms with Crippen molar-refractivity contribution in [2.75, 3.05) is 56.6 Å². The highest BCUT2D eigenvalue weighted by Gasteiger charge is 2.17. The van der Waals surface area contributed by atoms with E-state index < -0.39 is 17.6 Å². The van der Waals surface area contributed by atoms with Crippen LogP contribution in [0.3, 0.4) is 0 Å². The molecule has 160 valence electrons. The van der Waals surface area contributed by atoms with Gasteiger partial charge in [0, 0.05) is 44.1 Å². The van der Waals surface area contributed by atoms with E-state index in [1.807, 2.05) is 12.1 Å². The molecule has 1 fully saturated rings. The molecule has 0 bridgehead atoms. The van der Waals surface area contributed by atoms with Crippen molar-refractivity contribution in [1.29, 1.82) is 0 Å². The second kappa shape index (κ2) is 10.6. The number of carbonyl (C=O) groups is 2. The van der Waals surface area contributed by atoms with Crippen molar-refractivity contribution >= 4 is 23.2 Å². The van der Waals surface area contributed by atoms with Crippen molar-refractivity contribution < 1.29 is 18.7 Å². The number of halogens is 1. The molecule has 1 saturated heterocycles. The van der Waals surface area contributed by atoms with Gasteiger partial charge in [0.1, 0.15) is 11.6 Å². The molecule has 8 heteroatoms. The number of amides is 2. The Morgan fingerprint density at radius 2 is 1.63 bits per heavy atom. The lowest BCUT2D eigenvalue weighted by Crippen LogP contribution is -2.47. The van der Waals surface area contributed by atoms with Gasteiger partial charge >= 0.3 is 11.8 Å². The Morgan fingerprint density at radius 3 is 2.27 bits per heavy atom. The Bertz CT molecular complexity index is 834. The Hall–Kier alpha value is -3.13. The van der Waals surface area contributed by atoms with Gasteiger partial charge in [-0.3, -0.25) is 14.5 Å². The Kier molecular flexibility index (Phi) is 7.62. The molecule has 7 nitrogen and oxygen atoms in total. The molecule has 0 aliphatic carbocycles. The maximum Gasteiger partial charge on any atom is 0.313 e. The van der Waals surface area contributed by atoms with E-state index in [4.69, 9.17) is 4.74 Å². The molecular weight excluding hydrogens is 387 g/mol. The zero-order valence-electron chi connectivity index (χ0n) is 17.1. The number of nitrogens with one attached hydrogen (secondary N) is 2. The molecule has 0 spiro atoms. The number of benzene rings is 2. The van der Waals surface area contributed by atoms with Gasteiger partial charge in [-0.25, -0.2) is 4.39 Å². The summed E-state index contributed by atoms with van der Waals surface area (Å²) in [6, 6.07) is 13.3. The standard InChI is InChI=1S/C22H27FN4O3/c1-30-20-9-7-19(8-10-20)27-15-13-26(14-16-27)12-2-11-24-21(28)22(29)25-18-5-3-17(23)4-6-18/h3-10H,2,11-16H2,1H3,(H,24,28)(H,25,29). The fourth-order valence-corrected chi connectivity index (χ4v) is 3.33. The third-order valence-electron chi connectivity index (χ3n) is 5.05. The van der Waals surface area contributed by atoms with Gasteiger partial charge in [-0.1, -0.05) is 0 Å². The van der Waals surface area contributed by atoms with E-state index in [0.29, 0.717) is 12.2 Å². The van der Waals surface area contributed by atoms with Gasteiger partial charge in [-0.15, -0.1) is 0 Å². The lowest BCUT2D eigenvalue weighted by Gasteiger charge is -2.36. The van der Waals surface area contributed by atoms with Crippen molar-refractivity contribution in [2.24, 2.45) is 0 Å².